The standard InChI is InChI=1S/C24H24N2O4/c1-29-21-14-12-20(13-15-21)25-16-22(19-10-6-3-7-11-19)23(27)26-24(28)30-17-18-8-4-2-5-9-18/h2-15,22,25H,16-17H2,1H3,(H,26,27,28)/t22-/m0/s1. The molecular weight excluding hydrogens is 380 g/mol. The second kappa shape index (κ2) is 10.7. The van der Waals surface area contributed by atoms with Crippen LogP contribution in [0.15, 0.2) is 84.9 Å². The van der Waals surface area contributed by atoms with Crippen LogP contribution in [0.1, 0.15) is 17.0 Å². The zero-order valence-electron chi connectivity index (χ0n) is 16.7. The van der Waals surface area contributed by atoms with Crippen molar-refractivity contribution in [2.75, 3.05) is 19.0 Å². The number of hydrogen-bond donors (Lipinski definition) is 2. The molecular formula is C24H24N2O4. The normalized spacial score (nSPS) is 11.2. The summed E-state index contributed by atoms with van der Waals surface area (Å²) >= 11 is 0. The lowest BCUT2D eigenvalue weighted by atomic mass is 9.98. The van der Waals surface area contributed by atoms with Gasteiger partial charge in [-0.3, -0.25) is 10.1 Å². The number of anilines is 1. The molecule has 30 heavy (non-hydrogen) atoms. The maximum absolute atomic E-state index is 12.8. The summed E-state index contributed by atoms with van der Waals surface area (Å²) in [6.45, 7) is 0.411. The molecule has 0 spiro atoms. The summed E-state index contributed by atoms with van der Waals surface area (Å²) in [4.78, 5) is 24.9. The number of alkyl carbamates (subject to hydrolysis) is 1. The van der Waals surface area contributed by atoms with Crippen molar-refractivity contribution in [2.45, 2.75) is 12.5 Å². The fourth-order valence-corrected chi connectivity index (χ4v) is 2.92. The molecule has 154 valence electrons. The molecule has 0 unspecified atom stereocenters. The Morgan fingerprint density at radius 1 is 0.867 bits per heavy atom. The van der Waals surface area contributed by atoms with Gasteiger partial charge in [0.1, 0.15) is 12.4 Å². The molecule has 0 bridgehead atoms. The highest BCUT2D eigenvalue weighted by atomic mass is 16.5. The van der Waals surface area contributed by atoms with E-state index in [1.165, 1.54) is 0 Å². The predicted molar refractivity (Wildman–Crippen MR) is 115 cm³/mol. The minimum absolute atomic E-state index is 0.0973. The van der Waals surface area contributed by atoms with Crippen molar-refractivity contribution in [3.63, 3.8) is 0 Å². The smallest absolute Gasteiger partial charge is 0.414 e. The Balaban J connectivity index is 1.62. The molecule has 0 saturated heterocycles. The van der Waals surface area contributed by atoms with Crippen LogP contribution in [-0.4, -0.2) is 25.7 Å². The Morgan fingerprint density at radius 2 is 1.50 bits per heavy atom. The van der Waals surface area contributed by atoms with Crippen LogP contribution in [0.5, 0.6) is 5.75 Å². The van der Waals surface area contributed by atoms with E-state index in [9.17, 15) is 9.59 Å². The Bertz CT molecular complexity index is 944. The van der Waals surface area contributed by atoms with E-state index in [1.54, 1.807) is 7.11 Å². The van der Waals surface area contributed by atoms with Gasteiger partial charge in [0.25, 0.3) is 0 Å². The lowest BCUT2D eigenvalue weighted by Crippen LogP contribution is -2.37. The highest BCUT2D eigenvalue weighted by Crippen LogP contribution is 2.19. The van der Waals surface area contributed by atoms with Crippen molar-refractivity contribution < 1.29 is 19.1 Å². The molecule has 2 amide bonds. The fourth-order valence-electron chi connectivity index (χ4n) is 2.92. The van der Waals surface area contributed by atoms with Gasteiger partial charge < -0.3 is 14.8 Å². The second-order valence-electron chi connectivity index (χ2n) is 6.62. The lowest BCUT2D eigenvalue weighted by molar-refractivity contribution is -0.121. The van der Waals surface area contributed by atoms with Gasteiger partial charge in [0.05, 0.1) is 13.0 Å². The monoisotopic (exact) mass is 404 g/mol. The maximum atomic E-state index is 12.8. The average Bonchev–Trinajstić information content (AvgIpc) is 2.79. The molecule has 2 N–H and O–H groups in total. The van der Waals surface area contributed by atoms with Crippen LogP contribution in [0.3, 0.4) is 0 Å². The Morgan fingerprint density at radius 3 is 2.13 bits per heavy atom. The fraction of sp³-hybridized carbons (Fsp3) is 0.167. The van der Waals surface area contributed by atoms with Gasteiger partial charge >= 0.3 is 6.09 Å². The van der Waals surface area contributed by atoms with Gasteiger partial charge in [-0.2, -0.15) is 0 Å². The van der Waals surface area contributed by atoms with Gasteiger partial charge in [-0.05, 0) is 35.4 Å². The van der Waals surface area contributed by atoms with E-state index >= 15 is 0 Å². The first kappa shape index (κ1) is 20.9. The van der Waals surface area contributed by atoms with Gasteiger partial charge in [-0.15, -0.1) is 0 Å². The molecule has 0 aliphatic rings. The first-order valence-corrected chi connectivity index (χ1v) is 9.60. The number of hydrogen-bond acceptors (Lipinski definition) is 5. The first-order valence-electron chi connectivity index (χ1n) is 9.60. The van der Waals surface area contributed by atoms with Crippen LogP contribution in [0.4, 0.5) is 10.5 Å². The summed E-state index contributed by atoms with van der Waals surface area (Å²) in [5.74, 6) is -0.253. The molecule has 0 radical (unpaired) electrons. The topological polar surface area (TPSA) is 76.7 Å². The summed E-state index contributed by atoms with van der Waals surface area (Å²) < 4.78 is 10.3. The molecule has 1 atom stereocenters. The molecule has 0 heterocycles. The molecule has 6 heteroatoms. The van der Waals surface area contributed by atoms with Gasteiger partial charge in [0.15, 0.2) is 0 Å². The molecule has 0 aromatic heterocycles. The van der Waals surface area contributed by atoms with Gasteiger partial charge in [-0.1, -0.05) is 60.7 Å². The molecule has 0 aliphatic carbocycles. The van der Waals surface area contributed by atoms with Crippen molar-refractivity contribution in [3.05, 3.63) is 96.1 Å². The van der Waals surface area contributed by atoms with E-state index in [-0.39, 0.29) is 6.61 Å². The zero-order chi connectivity index (χ0) is 21.2. The van der Waals surface area contributed by atoms with E-state index in [0.29, 0.717) is 6.54 Å². The SMILES string of the molecule is COc1ccc(NC[C@H](C(=O)NC(=O)OCc2ccccc2)c2ccccc2)cc1. The average molecular weight is 404 g/mol. The zero-order valence-corrected chi connectivity index (χ0v) is 16.7. The third kappa shape index (κ3) is 6.10. The number of carbonyl (C=O) groups is 2. The predicted octanol–water partition coefficient (Wildman–Crippen LogP) is 4.34. The molecule has 0 aliphatic heterocycles. The van der Waals surface area contributed by atoms with Gasteiger partial charge in [0, 0.05) is 12.2 Å². The number of nitrogens with one attached hydrogen (secondary N) is 2. The minimum Gasteiger partial charge on any atom is -0.497 e. The number of amides is 2. The quantitative estimate of drug-likeness (QED) is 0.584. The van der Waals surface area contributed by atoms with Crippen molar-refractivity contribution >= 4 is 17.7 Å². The van der Waals surface area contributed by atoms with E-state index < -0.39 is 17.9 Å². The molecule has 3 aromatic rings. The Kier molecular flexibility index (Phi) is 7.44. The molecule has 0 fully saturated rings. The molecule has 6 nitrogen and oxygen atoms in total. The van der Waals surface area contributed by atoms with Gasteiger partial charge in [0.2, 0.25) is 5.91 Å². The van der Waals surface area contributed by atoms with Crippen molar-refractivity contribution in [2.24, 2.45) is 0 Å². The number of rotatable bonds is 8. The number of carbonyl (C=O) groups excluding carboxylic acids is 2. The highest BCUT2D eigenvalue weighted by Gasteiger charge is 2.23. The van der Waals surface area contributed by atoms with Crippen molar-refractivity contribution in [1.82, 2.24) is 5.32 Å². The van der Waals surface area contributed by atoms with Crippen molar-refractivity contribution in [1.29, 1.82) is 0 Å². The number of ether oxygens (including phenoxy) is 2. The summed E-state index contributed by atoms with van der Waals surface area (Å²) in [5, 5.41) is 5.58. The summed E-state index contributed by atoms with van der Waals surface area (Å²) in [6.07, 6.45) is -0.769. The lowest BCUT2D eigenvalue weighted by Gasteiger charge is -2.18. The van der Waals surface area contributed by atoms with Crippen LogP contribution in [0, 0.1) is 0 Å². The van der Waals surface area contributed by atoms with Crippen molar-refractivity contribution in [3.8, 4) is 5.75 Å². The van der Waals surface area contributed by atoms with E-state index in [1.807, 2.05) is 84.9 Å². The highest BCUT2D eigenvalue weighted by molar-refractivity contribution is 5.96. The summed E-state index contributed by atoms with van der Waals surface area (Å²) in [5.41, 5.74) is 2.49. The van der Waals surface area contributed by atoms with Gasteiger partial charge in [-0.25, -0.2) is 4.79 Å². The molecule has 0 saturated carbocycles. The van der Waals surface area contributed by atoms with E-state index in [0.717, 1.165) is 22.6 Å². The number of methoxy groups -OCH3 is 1. The third-order valence-electron chi connectivity index (χ3n) is 4.56. The Labute approximate surface area is 175 Å². The van der Waals surface area contributed by atoms with E-state index in [2.05, 4.69) is 10.6 Å². The second-order valence-corrected chi connectivity index (χ2v) is 6.62. The third-order valence-corrected chi connectivity index (χ3v) is 4.56. The number of imide groups is 1. The van der Waals surface area contributed by atoms with Crippen LogP contribution in [0.25, 0.3) is 0 Å². The van der Waals surface area contributed by atoms with Crippen LogP contribution < -0.4 is 15.4 Å². The molecule has 3 aromatic carbocycles. The first-order chi connectivity index (χ1) is 14.7. The summed E-state index contributed by atoms with van der Waals surface area (Å²) in [7, 11) is 1.61. The largest absolute Gasteiger partial charge is 0.497 e. The number of benzene rings is 3. The maximum Gasteiger partial charge on any atom is 0.414 e. The van der Waals surface area contributed by atoms with E-state index in [4.69, 9.17) is 9.47 Å². The van der Waals surface area contributed by atoms with Crippen LogP contribution in [0.2, 0.25) is 0 Å². The van der Waals surface area contributed by atoms with Crippen LogP contribution >= 0.6 is 0 Å². The summed E-state index contributed by atoms with van der Waals surface area (Å²) in [6, 6.07) is 26.0. The Hall–Kier alpha value is -3.80. The van der Waals surface area contributed by atoms with Crippen LogP contribution in [-0.2, 0) is 16.1 Å². The minimum atomic E-state index is -0.769. The molecule has 3 rings (SSSR count).